The molecule has 0 heterocycles. The van der Waals surface area contributed by atoms with Gasteiger partial charge in [-0.1, -0.05) is 62.7 Å². The number of aryl methyl sites for hydroxylation is 1. The summed E-state index contributed by atoms with van der Waals surface area (Å²) < 4.78 is 0. The van der Waals surface area contributed by atoms with Gasteiger partial charge in [0.05, 0.1) is 6.04 Å². The minimum Gasteiger partial charge on any atom is -0.350 e. The largest absolute Gasteiger partial charge is 0.350 e. The predicted octanol–water partition coefficient (Wildman–Crippen LogP) is 4.33. The van der Waals surface area contributed by atoms with E-state index in [1.165, 1.54) is 11.1 Å². The van der Waals surface area contributed by atoms with Crippen molar-refractivity contribution in [2.45, 2.75) is 39.2 Å². The second kappa shape index (κ2) is 7.83. The van der Waals surface area contributed by atoms with Crippen LogP contribution in [0.3, 0.4) is 0 Å². The molecule has 2 aromatic carbocycles. The van der Waals surface area contributed by atoms with E-state index >= 15 is 0 Å². The molecule has 0 radical (unpaired) electrons. The van der Waals surface area contributed by atoms with Crippen LogP contribution in [0.4, 0.5) is 0 Å². The van der Waals surface area contributed by atoms with Crippen LogP contribution in [0.15, 0.2) is 48.5 Å². The van der Waals surface area contributed by atoms with Crippen LogP contribution >= 0.6 is 0 Å². The van der Waals surface area contributed by atoms with Gasteiger partial charge in [0.15, 0.2) is 0 Å². The third-order valence-corrected chi connectivity index (χ3v) is 4.52. The van der Waals surface area contributed by atoms with Crippen molar-refractivity contribution < 1.29 is 4.79 Å². The SMILES string of the molecule is Cc1cccc(C(=O)NC[C@H](c2ccc(C(C)(C)C)cc2)N(C)C)c1. The molecule has 3 nitrogen and oxygen atoms in total. The molecular weight excluding hydrogens is 308 g/mol. The number of carbonyl (C=O) groups excluding carboxylic acids is 1. The molecule has 0 saturated carbocycles. The van der Waals surface area contributed by atoms with Crippen LogP contribution in [0.2, 0.25) is 0 Å². The molecular formula is C22H30N2O. The van der Waals surface area contributed by atoms with Crippen molar-refractivity contribution >= 4 is 5.91 Å². The normalized spacial score (nSPS) is 12.9. The Morgan fingerprint density at radius 1 is 1.08 bits per heavy atom. The summed E-state index contributed by atoms with van der Waals surface area (Å²) in [5.74, 6) is -0.0261. The number of nitrogens with one attached hydrogen (secondary N) is 1. The smallest absolute Gasteiger partial charge is 0.251 e. The number of carbonyl (C=O) groups is 1. The maximum absolute atomic E-state index is 12.4. The van der Waals surface area contributed by atoms with Crippen molar-refractivity contribution in [2.24, 2.45) is 0 Å². The van der Waals surface area contributed by atoms with Crippen LogP contribution in [0, 0.1) is 6.92 Å². The number of rotatable bonds is 5. The summed E-state index contributed by atoms with van der Waals surface area (Å²) in [5, 5.41) is 3.07. The third-order valence-electron chi connectivity index (χ3n) is 4.52. The predicted molar refractivity (Wildman–Crippen MR) is 105 cm³/mol. The summed E-state index contributed by atoms with van der Waals surface area (Å²) in [6, 6.07) is 16.5. The van der Waals surface area contributed by atoms with Crippen LogP contribution in [-0.2, 0) is 5.41 Å². The highest BCUT2D eigenvalue weighted by molar-refractivity contribution is 5.94. The van der Waals surface area contributed by atoms with Gasteiger partial charge in [-0.15, -0.1) is 0 Å². The number of hydrogen-bond donors (Lipinski definition) is 1. The van der Waals surface area contributed by atoms with Crippen molar-refractivity contribution in [3.63, 3.8) is 0 Å². The second-order valence-corrected chi connectivity index (χ2v) is 7.93. The first kappa shape index (κ1) is 19.2. The number of likely N-dealkylation sites (N-methyl/N-ethyl adjacent to an activating group) is 1. The molecule has 0 aliphatic rings. The van der Waals surface area contributed by atoms with Gasteiger partial charge in [0.25, 0.3) is 5.91 Å². The first-order valence-corrected chi connectivity index (χ1v) is 8.80. The van der Waals surface area contributed by atoms with Crippen molar-refractivity contribution in [1.29, 1.82) is 0 Å². The fourth-order valence-electron chi connectivity index (χ4n) is 2.88. The third kappa shape index (κ3) is 5.17. The van der Waals surface area contributed by atoms with Crippen molar-refractivity contribution in [1.82, 2.24) is 10.2 Å². The van der Waals surface area contributed by atoms with Crippen LogP contribution in [0.25, 0.3) is 0 Å². The minimum absolute atomic E-state index is 0.0261. The van der Waals surface area contributed by atoms with Crippen molar-refractivity contribution in [3.8, 4) is 0 Å². The number of nitrogens with zero attached hydrogens (tertiary/aromatic N) is 1. The molecule has 1 atom stereocenters. The Balaban J connectivity index is 2.10. The first-order chi connectivity index (χ1) is 11.7. The van der Waals surface area contributed by atoms with E-state index in [1.54, 1.807) is 0 Å². The molecule has 1 N–H and O–H groups in total. The highest BCUT2D eigenvalue weighted by atomic mass is 16.1. The van der Waals surface area contributed by atoms with E-state index in [0.29, 0.717) is 12.1 Å². The van der Waals surface area contributed by atoms with E-state index < -0.39 is 0 Å². The molecule has 25 heavy (non-hydrogen) atoms. The molecule has 2 rings (SSSR count). The summed E-state index contributed by atoms with van der Waals surface area (Å²) >= 11 is 0. The van der Waals surface area contributed by atoms with Crippen LogP contribution in [-0.4, -0.2) is 31.4 Å². The van der Waals surface area contributed by atoms with Gasteiger partial charge in [-0.2, -0.15) is 0 Å². The first-order valence-electron chi connectivity index (χ1n) is 8.80. The van der Waals surface area contributed by atoms with Crippen LogP contribution < -0.4 is 5.32 Å². The average molecular weight is 338 g/mol. The number of hydrogen-bond acceptors (Lipinski definition) is 2. The highest BCUT2D eigenvalue weighted by Crippen LogP contribution is 2.25. The highest BCUT2D eigenvalue weighted by Gasteiger charge is 2.18. The summed E-state index contributed by atoms with van der Waals surface area (Å²) in [6.45, 7) is 9.22. The molecule has 0 aliphatic heterocycles. The van der Waals surface area contributed by atoms with E-state index in [0.717, 1.165) is 5.56 Å². The van der Waals surface area contributed by atoms with Crippen LogP contribution in [0.1, 0.15) is 53.9 Å². The molecule has 1 amide bonds. The lowest BCUT2D eigenvalue weighted by atomic mass is 9.86. The molecule has 0 unspecified atom stereocenters. The van der Waals surface area contributed by atoms with E-state index in [4.69, 9.17) is 0 Å². The number of benzene rings is 2. The zero-order valence-electron chi connectivity index (χ0n) is 16.3. The second-order valence-electron chi connectivity index (χ2n) is 7.93. The Morgan fingerprint density at radius 3 is 2.24 bits per heavy atom. The van der Waals surface area contributed by atoms with Gasteiger partial charge in [0.2, 0.25) is 0 Å². The Morgan fingerprint density at radius 2 is 1.72 bits per heavy atom. The quantitative estimate of drug-likeness (QED) is 0.880. The topological polar surface area (TPSA) is 32.3 Å². The summed E-state index contributed by atoms with van der Waals surface area (Å²) in [6.07, 6.45) is 0. The van der Waals surface area contributed by atoms with E-state index in [-0.39, 0.29) is 17.4 Å². The fraction of sp³-hybridized carbons (Fsp3) is 0.409. The van der Waals surface area contributed by atoms with Gasteiger partial charge in [0, 0.05) is 12.1 Å². The van der Waals surface area contributed by atoms with Crippen molar-refractivity contribution in [2.75, 3.05) is 20.6 Å². The van der Waals surface area contributed by atoms with Gasteiger partial charge < -0.3 is 10.2 Å². The van der Waals surface area contributed by atoms with E-state index in [1.807, 2.05) is 45.3 Å². The van der Waals surface area contributed by atoms with Gasteiger partial charge in [-0.05, 0) is 49.7 Å². The molecule has 0 spiro atoms. The maximum Gasteiger partial charge on any atom is 0.251 e. The lowest BCUT2D eigenvalue weighted by Gasteiger charge is -2.26. The van der Waals surface area contributed by atoms with Gasteiger partial charge >= 0.3 is 0 Å². The zero-order chi connectivity index (χ0) is 18.6. The van der Waals surface area contributed by atoms with E-state index in [2.05, 4.69) is 55.3 Å². The average Bonchev–Trinajstić information content (AvgIpc) is 2.54. The fourth-order valence-corrected chi connectivity index (χ4v) is 2.88. The molecule has 134 valence electrons. The Kier molecular flexibility index (Phi) is 6.02. The maximum atomic E-state index is 12.4. The Hall–Kier alpha value is -2.13. The van der Waals surface area contributed by atoms with Gasteiger partial charge in [0.1, 0.15) is 0 Å². The van der Waals surface area contributed by atoms with E-state index in [9.17, 15) is 4.79 Å². The Labute approximate surface area is 152 Å². The van der Waals surface area contributed by atoms with Crippen molar-refractivity contribution in [3.05, 3.63) is 70.8 Å². The standard InChI is InChI=1S/C22H30N2O/c1-16-8-7-9-18(14-16)21(25)23-15-20(24(5)6)17-10-12-19(13-11-17)22(2,3)4/h7-14,20H,15H2,1-6H3,(H,23,25)/t20-/m1/s1. The number of amides is 1. The molecule has 0 saturated heterocycles. The summed E-state index contributed by atoms with van der Waals surface area (Å²) in [4.78, 5) is 14.6. The summed E-state index contributed by atoms with van der Waals surface area (Å²) in [7, 11) is 4.09. The van der Waals surface area contributed by atoms with Crippen LogP contribution in [0.5, 0.6) is 0 Å². The molecule has 3 heteroatoms. The summed E-state index contributed by atoms with van der Waals surface area (Å²) in [5.41, 5.74) is 4.47. The monoisotopic (exact) mass is 338 g/mol. The van der Waals surface area contributed by atoms with Gasteiger partial charge in [-0.25, -0.2) is 0 Å². The lowest BCUT2D eigenvalue weighted by molar-refractivity contribution is 0.0942. The lowest BCUT2D eigenvalue weighted by Crippen LogP contribution is -2.34. The minimum atomic E-state index is -0.0261. The molecule has 2 aromatic rings. The molecule has 0 aliphatic carbocycles. The van der Waals surface area contributed by atoms with Gasteiger partial charge in [-0.3, -0.25) is 4.79 Å². The molecule has 0 bridgehead atoms. The Bertz CT molecular complexity index is 712. The molecule has 0 fully saturated rings. The zero-order valence-corrected chi connectivity index (χ0v) is 16.3. The molecule has 0 aromatic heterocycles.